The second-order valence-electron chi connectivity index (χ2n) is 8.78. The molecule has 0 bridgehead atoms. The lowest BCUT2D eigenvalue weighted by atomic mass is 9.63. The first-order valence-electron chi connectivity index (χ1n) is 10.3. The highest BCUT2D eigenvalue weighted by molar-refractivity contribution is 6.19. The molecule has 0 radical (unpaired) electrons. The Balaban J connectivity index is 2.11. The molecule has 162 valence electrons. The fourth-order valence-corrected chi connectivity index (χ4v) is 4.99. The topological polar surface area (TPSA) is 98.9 Å². The highest BCUT2D eigenvalue weighted by atomic mass is 16.5. The number of allylic oxidation sites excluding steroid dienone is 1. The van der Waals surface area contributed by atoms with Crippen molar-refractivity contribution in [3.63, 3.8) is 0 Å². The number of rotatable bonds is 4. The monoisotopic (exact) mass is 422 g/mol. The van der Waals surface area contributed by atoms with Gasteiger partial charge in [0.25, 0.3) is 0 Å². The van der Waals surface area contributed by atoms with E-state index in [1.165, 1.54) is 0 Å². The molecular formula is C24H26N2O5. The Morgan fingerprint density at radius 3 is 2.68 bits per heavy atom. The van der Waals surface area contributed by atoms with E-state index in [2.05, 4.69) is 6.58 Å². The molecule has 4 rings (SSSR count). The number of hydrogen-bond acceptors (Lipinski definition) is 6. The summed E-state index contributed by atoms with van der Waals surface area (Å²) >= 11 is 0. The van der Waals surface area contributed by atoms with Gasteiger partial charge in [0.2, 0.25) is 11.8 Å². The van der Waals surface area contributed by atoms with Crippen LogP contribution >= 0.6 is 0 Å². The third-order valence-electron chi connectivity index (χ3n) is 6.04. The second-order valence-corrected chi connectivity index (χ2v) is 8.78. The van der Waals surface area contributed by atoms with Crippen LogP contribution in [0.25, 0.3) is 0 Å². The molecule has 0 saturated carbocycles. The third kappa shape index (κ3) is 2.83. The van der Waals surface area contributed by atoms with E-state index in [0.29, 0.717) is 29.0 Å². The maximum absolute atomic E-state index is 14.2. The number of carbonyl (C=O) groups is 3. The predicted octanol–water partition coefficient (Wildman–Crippen LogP) is 2.72. The quantitative estimate of drug-likeness (QED) is 0.592. The van der Waals surface area contributed by atoms with Crippen molar-refractivity contribution in [3.05, 3.63) is 65.2 Å². The summed E-state index contributed by atoms with van der Waals surface area (Å²) in [7, 11) is 0. The number of para-hydroxylation sites is 1. The van der Waals surface area contributed by atoms with Crippen LogP contribution in [0.5, 0.6) is 5.75 Å². The van der Waals surface area contributed by atoms with Crippen molar-refractivity contribution >= 4 is 17.7 Å². The van der Waals surface area contributed by atoms with Crippen LogP contribution in [0.2, 0.25) is 0 Å². The smallest absolute Gasteiger partial charge is 0.341 e. The summed E-state index contributed by atoms with van der Waals surface area (Å²) in [5.41, 5.74) is 5.38. The van der Waals surface area contributed by atoms with Gasteiger partial charge >= 0.3 is 5.97 Å². The molecule has 7 heteroatoms. The van der Waals surface area contributed by atoms with Crippen LogP contribution in [0.15, 0.2) is 59.6 Å². The normalized spacial score (nSPS) is 24.2. The maximum atomic E-state index is 14.2. The minimum atomic E-state index is -1.70. The van der Waals surface area contributed by atoms with Gasteiger partial charge in [0.15, 0.2) is 5.78 Å². The molecule has 1 aromatic rings. The Morgan fingerprint density at radius 1 is 1.29 bits per heavy atom. The van der Waals surface area contributed by atoms with Gasteiger partial charge in [0.1, 0.15) is 16.7 Å². The van der Waals surface area contributed by atoms with Gasteiger partial charge in [-0.05, 0) is 24.8 Å². The predicted molar refractivity (Wildman–Crippen MR) is 114 cm³/mol. The van der Waals surface area contributed by atoms with Crippen LogP contribution in [-0.2, 0) is 24.5 Å². The van der Waals surface area contributed by atoms with Gasteiger partial charge in [-0.15, -0.1) is 6.58 Å². The van der Waals surface area contributed by atoms with Gasteiger partial charge < -0.3 is 20.1 Å². The Bertz CT molecular complexity index is 1080. The number of ether oxygens (including phenoxy) is 2. The summed E-state index contributed by atoms with van der Waals surface area (Å²) < 4.78 is 11.0. The molecule has 2 aliphatic heterocycles. The van der Waals surface area contributed by atoms with Gasteiger partial charge in [-0.2, -0.15) is 0 Å². The van der Waals surface area contributed by atoms with Crippen molar-refractivity contribution in [2.24, 2.45) is 11.1 Å². The first-order chi connectivity index (χ1) is 14.7. The van der Waals surface area contributed by atoms with Gasteiger partial charge in [-0.25, -0.2) is 4.79 Å². The summed E-state index contributed by atoms with van der Waals surface area (Å²) in [4.78, 5) is 42.4. The van der Waals surface area contributed by atoms with E-state index >= 15 is 0 Å². The van der Waals surface area contributed by atoms with Crippen molar-refractivity contribution < 1.29 is 23.9 Å². The number of Topliss-reactive ketones (excluding diaryl/α,β-unsaturated/α-hetero) is 1. The molecule has 3 aliphatic rings. The number of hydrogen-bond donors (Lipinski definition) is 1. The van der Waals surface area contributed by atoms with Gasteiger partial charge in [0.05, 0.1) is 6.61 Å². The van der Waals surface area contributed by atoms with E-state index in [4.69, 9.17) is 15.2 Å². The van der Waals surface area contributed by atoms with E-state index in [-0.39, 0.29) is 42.2 Å². The molecule has 31 heavy (non-hydrogen) atoms. The molecule has 7 nitrogen and oxygen atoms in total. The van der Waals surface area contributed by atoms with Crippen LogP contribution in [0.4, 0.5) is 0 Å². The first-order valence-corrected chi connectivity index (χ1v) is 10.3. The SMILES string of the molecule is C=CCN1C(=O)C2(C(C(=O)OCC)=C(N)Oc3ccccc32)C2=C1CC(C)(C)CC2=O. The highest BCUT2D eigenvalue weighted by Gasteiger charge is 2.65. The number of carbonyl (C=O) groups excluding carboxylic acids is 3. The zero-order chi connectivity index (χ0) is 22.6. The summed E-state index contributed by atoms with van der Waals surface area (Å²) in [6, 6.07) is 6.87. The number of fused-ring (bicyclic) bond motifs is 3. The molecule has 1 atom stereocenters. The van der Waals surface area contributed by atoms with Crippen molar-refractivity contribution in [3.8, 4) is 5.75 Å². The van der Waals surface area contributed by atoms with E-state index in [0.717, 1.165) is 0 Å². The number of nitrogens with zero attached hydrogens (tertiary/aromatic N) is 1. The Morgan fingerprint density at radius 2 is 2.00 bits per heavy atom. The molecule has 1 amide bonds. The highest BCUT2D eigenvalue weighted by Crippen LogP contribution is 2.57. The van der Waals surface area contributed by atoms with Crippen LogP contribution in [-0.4, -0.2) is 35.7 Å². The molecule has 1 aromatic carbocycles. The van der Waals surface area contributed by atoms with Gasteiger partial charge in [-0.3, -0.25) is 9.59 Å². The average Bonchev–Trinajstić information content (AvgIpc) is 2.91. The summed E-state index contributed by atoms with van der Waals surface area (Å²) in [5.74, 6) is -1.25. The molecule has 2 N–H and O–H groups in total. The second kappa shape index (κ2) is 7.11. The van der Waals surface area contributed by atoms with Crippen molar-refractivity contribution in [2.75, 3.05) is 13.2 Å². The van der Waals surface area contributed by atoms with Crippen LogP contribution in [0, 0.1) is 5.41 Å². The van der Waals surface area contributed by atoms with E-state index in [1.54, 1.807) is 42.2 Å². The molecule has 1 spiro atoms. The lowest BCUT2D eigenvalue weighted by Gasteiger charge is -2.38. The fraction of sp³-hybridized carbons (Fsp3) is 0.375. The largest absolute Gasteiger partial charge is 0.462 e. The zero-order valence-electron chi connectivity index (χ0n) is 18.0. The molecule has 0 fully saturated rings. The van der Waals surface area contributed by atoms with Crippen molar-refractivity contribution in [1.82, 2.24) is 4.90 Å². The zero-order valence-corrected chi connectivity index (χ0v) is 18.0. The molecule has 1 aliphatic carbocycles. The Labute approximate surface area is 181 Å². The summed E-state index contributed by atoms with van der Waals surface area (Å²) in [6.45, 7) is 9.72. The van der Waals surface area contributed by atoms with E-state index in [9.17, 15) is 14.4 Å². The maximum Gasteiger partial charge on any atom is 0.341 e. The average molecular weight is 422 g/mol. The van der Waals surface area contributed by atoms with Gasteiger partial charge in [0, 0.05) is 29.8 Å². The fourth-order valence-electron chi connectivity index (χ4n) is 4.99. The molecular weight excluding hydrogens is 396 g/mol. The van der Waals surface area contributed by atoms with Crippen LogP contribution in [0.1, 0.15) is 39.2 Å². The molecule has 2 heterocycles. The van der Waals surface area contributed by atoms with Crippen LogP contribution < -0.4 is 10.5 Å². The molecule has 0 aromatic heterocycles. The van der Waals surface area contributed by atoms with E-state index in [1.807, 2.05) is 13.8 Å². The summed E-state index contributed by atoms with van der Waals surface area (Å²) in [5, 5.41) is 0. The number of esters is 1. The Kier molecular flexibility index (Phi) is 4.80. The van der Waals surface area contributed by atoms with Crippen LogP contribution in [0.3, 0.4) is 0 Å². The van der Waals surface area contributed by atoms with Gasteiger partial charge in [-0.1, -0.05) is 38.1 Å². The minimum absolute atomic E-state index is 0.0881. The van der Waals surface area contributed by atoms with Crippen molar-refractivity contribution in [1.29, 1.82) is 0 Å². The lowest BCUT2D eigenvalue weighted by Crippen LogP contribution is -2.49. The lowest BCUT2D eigenvalue weighted by molar-refractivity contribution is -0.142. The van der Waals surface area contributed by atoms with E-state index < -0.39 is 17.3 Å². The number of ketones is 1. The Hall–Kier alpha value is -3.35. The number of amides is 1. The minimum Gasteiger partial charge on any atom is -0.462 e. The first kappa shape index (κ1) is 20.9. The molecule has 0 saturated heterocycles. The summed E-state index contributed by atoms with van der Waals surface area (Å²) in [6.07, 6.45) is 2.37. The third-order valence-corrected chi connectivity index (χ3v) is 6.04. The number of benzene rings is 1. The standard InChI is InChI=1S/C24H26N2O5/c1-5-11-26-15-12-23(3,4)13-16(27)18(15)24(22(26)29)14-9-7-8-10-17(14)31-20(25)19(24)21(28)30-6-2/h5,7-10H,1,6,11-13,25H2,2-4H3. The molecule has 1 unspecified atom stereocenters. The van der Waals surface area contributed by atoms with Crippen molar-refractivity contribution in [2.45, 2.75) is 39.0 Å². The number of nitrogens with two attached hydrogens (primary N) is 1.